The van der Waals surface area contributed by atoms with Crippen LogP contribution >= 0.6 is 0 Å². The Bertz CT molecular complexity index is 1140. The number of nitrogens with zero attached hydrogens (tertiary/aromatic N) is 2. The quantitative estimate of drug-likeness (QED) is 0.670. The molecule has 1 aliphatic rings. The van der Waals surface area contributed by atoms with Gasteiger partial charge in [-0.15, -0.1) is 5.10 Å². The number of hydrogen-bond acceptors (Lipinski definition) is 7. The number of ether oxygens (including phenoxy) is 4. The lowest BCUT2D eigenvalue weighted by Gasteiger charge is -2.24. The summed E-state index contributed by atoms with van der Waals surface area (Å²) in [5, 5.41) is 17.1. The summed E-state index contributed by atoms with van der Waals surface area (Å²) in [4.78, 5) is 0. The van der Waals surface area contributed by atoms with E-state index in [1.54, 1.807) is 21.3 Å². The fourth-order valence-electron chi connectivity index (χ4n) is 3.67. The van der Waals surface area contributed by atoms with Gasteiger partial charge < -0.3 is 24.7 Å². The Kier molecular flexibility index (Phi) is 4.94. The Morgan fingerprint density at radius 2 is 1.73 bits per heavy atom. The van der Waals surface area contributed by atoms with E-state index in [0.717, 1.165) is 11.1 Å². The summed E-state index contributed by atoms with van der Waals surface area (Å²) in [5.41, 5.74) is 9.37. The molecule has 0 saturated heterocycles. The van der Waals surface area contributed by atoms with Crippen LogP contribution in [-0.2, 0) is 0 Å². The zero-order valence-electron chi connectivity index (χ0n) is 16.7. The molecule has 1 aromatic heterocycles. The molecule has 0 amide bonds. The van der Waals surface area contributed by atoms with E-state index < -0.39 is 5.92 Å². The average Bonchev–Trinajstić information content (AvgIpc) is 3.20. The Morgan fingerprint density at radius 3 is 2.30 bits per heavy atom. The zero-order chi connectivity index (χ0) is 21.3. The smallest absolute Gasteiger partial charge is 0.244 e. The lowest BCUT2D eigenvalue weighted by Crippen LogP contribution is -2.20. The maximum absolute atomic E-state index is 9.80. The minimum absolute atomic E-state index is 0.0433. The van der Waals surface area contributed by atoms with E-state index in [9.17, 15) is 5.26 Å². The molecule has 0 spiro atoms. The third kappa shape index (κ3) is 2.97. The number of hydrogen-bond donors (Lipinski definition) is 2. The monoisotopic (exact) mass is 404 g/mol. The van der Waals surface area contributed by atoms with Crippen molar-refractivity contribution in [3.8, 4) is 40.5 Å². The van der Waals surface area contributed by atoms with E-state index in [2.05, 4.69) is 16.3 Å². The van der Waals surface area contributed by atoms with Crippen LogP contribution < -0.4 is 24.7 Å². The van der Waals surface area contributed by atoms with Crippen molar-refractivity contribution in [1.29, 1.82) is 5.26 Å². The molecule has 2 heterocycles. The van der Waals surface area contributed by atoms with Crippen LogP contribution in [0.5, 0.6) is 23.1 Å². The molecule has 3 N–H and O–H groups in total. The molecule has 0 bridgehead atoms. The Balaban J connectivity index is 1.95. The Hall–Kier alpha value is -4.12. The summed E-state index contributed by atoms with van der Waals surface area (Å²) < 4.78 is 22.0. The maximum Gasteiger partial charge on any atom is 0.244 e. The van der Waals surface area contributed by atoms with Crippen molar-refractivity contribution in [3.63, 3.8) is 0 Å². The predicted octanol–water partition coefficient (Wildman–Crippen LogP) is 3.32. The van der Waals surface area contributed by atoms with Crippen molar-refractivity contribution in [1.82, 2.24) is 10.2 Å². The molecular weight excluding hydrogens is 384 g/mol. The van der Waals surface area contributed by atoms with Crippen molar-refractivity contribution in [3.05, 3.63) is 65.0 Å². The molecule has 3 aromatic rings. The summed E-state index contributed by atoms with van der Waals surface area (Å²) in [6, 6.07) is 15.4. The van der Waals surface area contributed by atoms with Gasteiger partial charge in [0.25, 0.3) is 0 Å². The number of H-pyrrole nitrogens is 1. The van der Waals surface area contributed by atoms with Crippen molar-refractivity contribution in [2.45, 2.75) is 5.92 Å². The van der Waals surface area contributed by atoms with E-state index in [-0.39, 0.29) is 5.88 Å². The van der Waals surface area contributed by atoms with Gasteiger partial charge in [0.1, 0.15) is 11.6 Å². The summed E-state index contributed by atoms with van der Waals surface area (Å²) in [5.74, 6) is 1.41. The highest BCUT2D eigenvalue weighted by Gasteiger charge is 2.35. The highest BCUT2D eigenvalue weighted by atomic mass is 16.5. The SMILES string of the molecule is COc1cc(-c2[nH]nc3c2[C@H](c2ccccc2)C(C#N)=C(N)O3)cc(OC)c1OC. The summed E-state index contributed by atoms with van der Waals surface area (Å²) in [6.07, 6.45) is 0. The van der Waals surface area contributed by atoms with E-state index in [1.807, 2.05) is 42.5 Å². The first-order valence-electron chi connectivity index (χ1n) is 9.14. The fraction of sp³-hybridized carbons (Fsp3) is 0.182. The van der Waals surface area contributed by atoms with Crippen LogP contribution in [0.2, 0.25) is 0 Å². The molecule has 0 radical (unpaired) electrons. The van der Waals surface area contributed by atoms with Gasteiger partial charge in [-0.1, -0.05) is 30.3 Å². The van der Waals surface area contributed by atoms with Gasteiger partial charge in [-0.2, -0.15) is 5.26 Å². The first-order valence-corrected chi connectivity index (χ1v) is 9.14. The van der Waals surface area contributed by atoms with Crippen molar-refractivity contribution in [2.75, 3.05) is 21.3 Å². The van der Waals surface area contributed by atoms with E-state index in [0.29, 0.717) is 40.0 Å². The van der Waals surface area contributed by atoms with Gasteiger partial charge in [0.05, 0.1) is 38.5 Å². The maximum atomic E-state index is 9.80. The highest BCUT2D eigenvalue weighted by molar-refractivity contribution is 5.75. The minimum Gasteiger partial charge on any atom is -0.493 e. The number of nitriles is 1. The molecule has 0 aliphatic carbocycles. The number of nitrogens with one attached hydrogen (secondary N) is 1. The second-order valence-electron chi connectivity index (χ2n) is 6.57. The van der Waals surface area contributed by atoms with Gasteiger partial charge in [0.15, 0.2) is 11.5 Å². The zero-order valence-corrected chi connectivity index (χ0v) is 16.7. The molecular formula is C22H20N4O4. The van der Waals surface area contributed by atoms with Gasteiger partial charge >= 0.3 is 0 Å². The molecule has 8 nitrogen and oxygen atoms in total. The standard InChI is InChI=1S/C22H20N4O4/c1-27-15-9-13(10-16(28-2)20(15)29-3)19-18-17(12-7-5-4-6-8-12)14(11-23)21(24)30-22(18)26-25-19/h4-10,17H,24H2,1-3H3,(H,25,26)/t17-/m1/s1. The van der Waals surface area contributed by atoms with Crippen LogP contribution in [0.4, 0.5) is 0 Å². The molecule has 152 valence electrons. The number of rotatable bonds is 5. The van der Waals surface area contributed by atoms with Crippen LogP contribution in [0.15, 0.2) is 53.9 Å². The molecule has 8 heteroatoms. The molecule has 0 unspecified atom stereocenters. The molecule has 1 atom stereocenters. The van der Waals surface area contributed by atoms with E-state index in [1.165, 1.54) is 0 Å². The molecule has 0 saturated carbocycles. The van der Waals surface area contributed by atoms with Gasteiger partial charge in [0, 0.05) is 5.56 Å². The number of allylic oxidation sites excluding steroid dienone is 1. The second kappa shape index (κ2) is 7.72. The third-order valence-corrected chi connectivity index (χ3v) is 5.03. The molecule has 2 aromatic carbocycles. The Labute approximate surface area is 173 Å². The normalized spacial score (nSPS) is 15.1. The molecule has 4 rings (SSSR count). The third-order valence-electron chi connectivity index (χ3n) is 5.03. The first-order chi connectivity index (χ1) is 14.6. The minimum atomic E-state index is -0.437. The summed E-state index contributed by atoms with van der Waals surface area (Å²) in [6.45, 7) is 0. The van der Waals surface area contributed by atoms with Crippen LogP contribution in [0, 0.1) is 11.3 Å². The van der Waals surface area contributed by atoms with Crippen LogP contribution in [-0.4, -0.2) is 31.5 Å². The lowest BCUT2D eigenvalue weighted by atomic mass is 9.83. The largest absolute Gasteiger partial charge is 0.493 e. The van der Waals surface area contributed by atoms with Gasteiger partial charge in [-0.3, -0.25) is 5.10 Å². The van der Waals surface area contributed by atoms with Crippen molar-refractivity contribution < 1.29 is 18.9 Å². The molecule has 30 heavy (non-hydrogen) atoms. The predicted molar refractivity (Wildman–Crippen MR) is 109 cm³/mol. The second-order valence-corrected chi connectivity index (χ2v) is 6.57. The van der Waals surface area contributed by atoms with Crippen LogP contribution in [0.3, 0.4) is 0 Å². The van der Waals surface area contributed by atoms with E-state index >= 15 is 0 Å². The number of nitrogens with two attached hydrogens (primary N) is 1. The number of aromatic nitrogens is 2. The summed E-state index contributed by atoms with van der Waals surface area (Å²) >= 11 is 0. The van der Waals surface area contributed by atoms with Crippen LogP contribution in [0.25, 0.3) is 11.3 Å². The van der Waals surface area contributed by atoms with E-state index in [4.69, 9.17) is 24.7 Å². The number of methoxy groups -OCH3 is 3. The van der Waals surface area contributed by atoms with Gasteiger partial charge in [-0.25, -0.2) is 0 Å². The van der Waals surface area contributed by atoms with Crippen molar-refractivity contribution in [2.24, 2.45) is 5.73 Å². The van der Waals surface area contributed by atoms with Gasteiger partial charge in [-0.05, 0) is 17.7 Å². The number of fused-ring (bicyclic) bond motifs is 1. The van der Waals surface area contributed by atoms with Crippen LogP contribution in [0.1, 0.15) is 17.0 Å². The number of benzene rings is 2. The molecule has 0 fully saturated rings. The van der Waals surface area contributed by atoms with Gasteiger partial charge in [0.2, 0.25) is 17.5 Å². The number of aromatic amines is 1. The fourth-order valence-corrected chi connectivity index (χ4v) is 3.67. The first kappa shape index (κ1) is 19.2. The topological polar surface area (TPSA) is 115 Å². The molecule has 1 aliphatic heterocycles. The van der Waals surface area contributed by atoms with Crippen molar-refractivity contribution >= 4 is 0 Å². The highest BCUT2D eigenvalue weighted by Crippen LogP contribution is 2.48. The Morgan fingerprint density at radius 1 is 1.07 bits per heavy atom. The average molecular weight is 404 g/mol. The lowest BCUT2D eigenvalue weighted by molar-refractivity contribution is 0.324. The summed E-state index contributed by atoms with van der Waals surface area (Å²) in [7, 11) is 4.65.